The van der Waals surface area contributed by atoms with Crippen LogP contribution in [0.2, 0.25) is 0 Å². The molecule has 0 bridgehead atoms. The van der Waals surface area contributed by atoms with Gasteiger partial charge in [0.05, 0.1) is 7.11 Å². The number of nitrogens with zero attached hydrogens (tertiary/aromatic N) is 1. The Morgan fingerprint density at radius 3 is 2.43 bits per heavy atom. The van der Waals surface area contributed by atoms with E-state index in [9.17, 15) is 27.6 Å². The van der Waals surface area contributed by atoms with Crippen LogP contribution >= 0.6 is 0 Å². The molecule has 10 heteroatoms. The Kier molecular flexibility index (Phi) is 3.72. The van der Waals surface area contributed by atoms with Gasteiger partial charge in [0, 0.05) is 6.04 Å². The van der Waals surface area contributed by atoms with E-state index < -0.39 is 35.9 Å². The quantitative estimate of drug-likeness (QED) is 0.748. The molecule has 2 rings (SSSR count). The third-order valence-corrected chi connectivity index (χ3v) is 3.64. The molecule has 0 unspecified atom stereocenters. The number of rotatable bonds is 2. The molecule has 118 valence electrons. The number of hydrogen-bond donors (Lipinski definition) is 2. The van der Waals surface area contributed by atoms with Gasteiger partial charge in [-0.1, -0.05) is 12.8 Å². The Morgan fingerprint density at radius 1 is 1.38 bits per heavy atom. The summed E-state index contributed by atoms with van der Waals surface area (Å²) in [5.74, 6) is -1.53. The molecule has 0 radical (unpaired) electrons. The van der Waals surface area contributed by atoms with Crippen LogP contribution in [-0.4, -0.2) is 47.9 Å². The van der Waals surface area contributed by atoms with Crippen LogP contribution < -0.4 is 10.6 Å². The van der Waals surface area contributed by atoms with Crippen molar-refractivity contribution >= 4 is 18.0 Å². The highest BCUT2D eigenvalue weighted by atomic mass is 19.4. The number of alkyl carbamates (subject to hydrolysis) is 1. The van der Waals surface area contributed by atoms with E-state index in [-0.39, 0.29) is 0 Å². The summed E-state index contributed by atoms with van der Waals surface area (Å²) in [5, 5.41) is 2.96. The minimum atomic E-state index is -5.19. The van der Waals surface area contributed by atoms with E-state index in [1.54, 1.807) is 5.32 Å². The number of amides is 4. The van der Waals surface area contributed by atoms with Gasteiger partial charge in [-0.05, 0) is 12.8 Å². The molecule has 1 aliphatic carbocycles. The molecule has 1 atom stereocenters. The third kappa shape index (κ3) is 2.38. The van der Waals surface area contributed by atoms with E-state index in [1.165, 1.54) is 5.32 Å². The van der Waals surface area contributed by atoms with E-state index in [0.29, 0.717) is 17.7 Å². The molecule has 0 aromatic heterocycles. The molecule has 1 saturated carbocycles. The third-order valence-electron chi connectivity index (χ3n) is 3.64. The van der Waals surface area contributed by atoms with Crippen LogP contribution in [0.4, 0.5) is 22.8 Å². The summed E-state index contributed by atoms with van der Waals surface area (Å²) in [5.41, 5.74) is -3.47. The number of imide groups is 1. The summed E-state index contributed by atoms with van der Waals surface area (Å²) < 4.78 is 43.9. The number of carbonyl (C=O) groups is 3. The molecule has 2 N–H and O–H groups in total. The normalized spacial score (nSPS) is 27.0. The van der Waals surface area contributed by atoms with Crippen molar-refractivity contribution in [3.8, 4) is 0 Å². The Morgan fingerprint density at radius 2 is 1.95 bits per heavy atom. The summed E-state index contributed by atoms with van der Waals surface area (Å²) in [7, 11) is 0.857. The van der Waals surface area contributed by atoms with Crippen molar-refractivity contribution in [1.82, 2.24) is 15.5 Å². The molecule has 0 spiro atoms. The highest BCUT2D eigenvalue weighted by Gasteiger charge is 2.69. The lowest BCUT2D eigenvalue weighted by molar-refractivity contribution is -0.201. The smallest absolute Gasteiger partial charge is 0.440 e. The highest BCUT2D eigenvalue weighted by molar-refractivity contribution is 6.08. The van der Waals surface area contributed by atoms with E-state index in [0.717, 1.165) is 20.0 Å². The molecule has 2 fully saturated rings. The number of halogens is 3. The summed E-state index contributed by atoms with van der Waals surface area (Å²) >= 11 is 0. The van der Waals surface area contributed by atoms with Crippen molar-refractivity contribution in [3.63, 3.8) is 0 Å². The average molecular weight is 309 g/mol. The van der Waals surface area contributed by atoms with Crippen LogP contribution in [0.25, 0.3) is 0 Å². The Bertz CT molecular complexity index is 476. The zero-order valence-corrected chi connectivity index (χ0v) is 11.1. The number of ether oxygens (including phenoxy) is 1. The van der Waals surface area contributed by atoms with Gasteiger partial charge in [0.15, 0.2) is 0 Å². The van der Waals surface area contributed by atoms with Gasteiger partial charge in [-0.15, -0.1) is 0 Å². The van der Waals surface area contributed by atoms with Gasteiger partial charge in [-0.25, -0.2) is 9.59 Å². The van der Waals surface area contributed by atoms with Gasteiger partial charge in [-0.2, -0.15) is 13.2 Å². The van der Waals surface area contributed by atoms with Crippen LogP contribution in [0.15, 0.2) is 0 Å². The lowest BCUT2D eigenvalue weighted by Crippen LogP contribution is -2.69. The Labute approximate surface area is 117 Å². The maximum Gasteiger partial charge on any atom is 0.440 e. The first-order valence-electron chi connectivity index (χ1n) is 6.31. The molecule has 1 aliphatic heterocycles. The minimum Gasteiger partial charge on any atom is -0.453 e. The molecule has 7 nitrogen and oxygen atoms in total. The second kappa shape index (κ2) is 5.08. The number of nitrogens with one attached hydrogen (secondary N) is 2. The minimum absolute atomic E-state index is 0.450. The number of hydrogen-bond acceptors (Lipinski definition) is 4. The fourth-order valence-corrected chi connectivity index (χ4v) is 2.59. The van der Waals surface area contributed by atoms with Gasteiger partial charge >= 0.3 is 18.3 Å². The molecule has 4 amide bonds. The zero-order valence-electron chi connectivity index (χ0n) is 11.1. The summed E-state index contributed by atoms with van der Waals surface area (Å²) in [6, 6.07) is -1.75. The first-order chi connectivity index (χ1) is 9.73. The first-order valence-corrected chi connectivity index (χ1v) is 6.31. The fraction of sp³-hybridized carbons (Fsp3) is 0.727. The summed E-state index contributed by atoms with van der Waals surface area (Å²) in [6.07, 6.45) is -4.30. The lowest BCUT2D eigenvalue weighted by Gasteiger charge is -2.29. The van der Waals surface area contributed by atoms with Crippen molar-refractivity contribution in [3.05, 3.63) is 0 Å². The first kappa shape index (κ1) is 15.4. The molecule has 2 aliphatic rings. The van der Waals surface area contributed by atoms with Crippen molar-refractivity contribution in [2.75, 3.05) is 7.11 Å². The SMILES string of the molecule is COC(=O)N[C@]1(C(F)(F)F)NC(=O)N(C2CCCC2)C1=O. The molecule has 0 aromatic rings. The molecule has 0 aromatic carbocycles. The predicted molar refractivity (Wildman–Crippen MR) is 62.0 cm³/mol. The van der Waals surface area contributed by atoms with Crippen LogP contribution in [0.1, 0.15) is 25.7 Å². The number of alkyl halides is 3. The Hall–Kier alpha value is -2.00. The van der Waals surface area contributed by atoms with Crippen molar-refractivity contribution in [2.45, 2.75) is 43.6 Å². The maximum absolute atomic E-state index is 13.3. The van der Waals surface area contributed by atoms with Gasteiger partial charge in [-0.3, -0.25) is 20.3 Å². The van der Waals surface area contributed by atoms with E-state index in [4.69, 9.17) is 0 Å². The van der Waals surface area contributed by atoms with Crippen molar-refractivity contribution < 1.29 is 32.3 Å². The van der Waals surface area contributed by atoms with E-state index in [2.05, 4.69) is 4.74 Å². The standard InChI is InChI=1S/C11H14F3N3O4/c1-21-9(20)16-10(11(12,13)14)7(18)17(8(19)15-10)6-4-2-3-5-6/h6H,2-5H2,1H3,(H,15,19)(H,16,20)/t10-/m1/s1. The molecular weight excluding hydrogens is 295 g/mol. The van der Waals surface area contributed by atoms with Crippen LogP contribution in [0.3, 0.4) is 0 Å². The average Bonchev–Trinajstić information content (AvgIpc) is 2.96. The maximum atomic E-state index is 13.3. The van der Waals surface area contributed by atoms with E-state index in [1.807, 2.05) is 0 Å². The van der Waals surface area contributed by atoms with Gasteiger partial charge in [0.2, 0.25) is 0 Å². The van der Waals surface area contributed by atoms with E-state index >= 15 is 0 Å². The monoisotopic (exact) mass is 309 g/mol. The second-order valence-corrected chi connectivity index (χ2v) is 4.91. The fourth-order valence-electron chi connectivity index (χ4n) is 2.59. The summed E-state index contributed by atoms with van der Waals surface area (Å²) in [6.45, 7) is 0. The molecular formula is C11H14F3N3O4. The van der Waals surface area contributed by atoms with Gasteiger partial charge in [0.1, 0.15) is 0 Å². The summed E-state index contributed by atoms with van der Waals surface area (Å²) in [4.78, 5) is 35.7. The largest absolute Gasteiger partial charge is 0.453 e. The topological polar surface area (TPSA) is 87.7 Å². The number of urea groups is 1. The van der Waals surface area contributed by atoms with Crippen LogP contribution in [0, 0.1) is 0 Å². The number of carbonyl (C=O) groups excluding carboxylic acids is 3. The van der Waals surface area contributed by atoms with Gasteiger partial charge in [0.25, 0.3) is 11.6 Å². The van der Waals surface area contributed by atoms with Crippen molar-refractivity contribution in [1.29, 1.82) is 0 Å². The van der Waals surface area contributed by atoms with Crippen LogP contribution in [-0.2, 0) is 9.53 Å². The Balaban J connectivity index is 2.35. The molecule has 1 saturated heterocycles. The second-order valence-electron chi connectivity index (χ2n) is 4.91. The van der Waals surface area contributed by atoms with Crippen LogP contribution in [0.5, 0.6) is 0 Å². The van der Waals surface area contributed by atoms with Crippen molar-refractivity contribution in [2.24, 2.45) is 0 Å². The molecule has 21 heavy (non-hydrogen) atoms. The lowest BCUT2D eigenvalue weighted by atomic mass is 10.1. The zero-order chi connectivity index (χ0) is 15.8. The number of methoxy groups -OCH3 is 1. The molecule has 1 heterocycles. The predicted octanol–water partition coefficient (Wildman–Crippen LogP) is 1.10. The highest BCUT2D eigenvalue weighted by Crippen LogP contribution is 2.36. The van der Waals surface area contributed by atoms with Gasteiger partial charge < -0.3 is 4.74 Å².